The number of nitrogens with zero attached hydrogens (tertiary/aromatic N) is 1. The highest BCUT2D eigenvalue weighted by molar-refractivity contribution is 5.78. The molecule has 0 spiro atoms. The number of fused-ring (bicyclic) bond motifs is 1. The van der Waals surface area contributed by atoms with Gasteiger partial charge in [0, 0.05) is 5.56 Å². The molecule has 0 fully saturated rings. The standard InChI is InChI=1S/C16H17N3O/c17-16(18-10-12-6-2-1-3-7-12)19-14-11-20-15-9-5-4-8-13(14)15/h1-9,14H,10-11H2,(H3,17,18,19). The summed E-state index contributed by atoms with van der Waals surface area (Å²) in [6, 6.07) is 18.1. The first kappa shape index (κ1) is 12.5. The average Bonchev–Trinajstić information content (AvgIpc) is 2.90. The van der Waals surface area contributed by atoms with Crippen molar-refractivity contribution in [1.82, 2.24) is 5.32 Å². The maximum atomic E-state index is 5.94. The molecule has 3 rings (SSSR count). The third kappa shape index (κ3) is 2.74. The highest BCUT2D eigenvalue weighted by Gasteiger charge is 2.23. The van der Waals surface area contributed by atoms with Crippen molar-refractivity contribution in [2.75, 3.05) is 6.61 Å². The molecule has 4 nitrogen and oxygen atoms in total. The van der Waals surface area contributed by atoms with E-state index in [1.54, 1.807) is 0 Å². The Morgan fingerprint density at radius 2 is 1.90 bits per heavy atom. The third-order valence-electron chi connectivity index (χ3n) is 3.30. The van der Waals surface area contributed by atoms with Gasteiger partial charge in [0.1, 0.15) is 12.4 Å². The van der Waals surface area contributed by atoms with E-state index in [-0.39, 0.29) is 6.04 Å². The Hall–Kier alpha value is -2.49. The molecule has 1 aliphatic rings. The first-order valence-electron chi connectivity index (χ1n) is 6.65. The Morgan fingerprint density at radius 3 is 2.75 bits per heavy atom. The van der Waals surface area contributed by atoms with Crippen molar-refractivity contribution >= 4 is 5.96 Å². The van der Waals surface area contributed by atoms with E-state index in [9.17, 15) is 0 Å². The number of ether oxygens (including phenoxy) is 1. The van der Waals surface area contributed by atoms with Crippen molar-refractivity contribution in [1.29, 1.82) is 0 Å². The zero-order valence-electron chi connectivity index (χ0n) is 11.1. The number of rotatable bonds is 3. The van der Waals surface area contributed by atoms with Crippen LogP contribution in [0.4, 0.5) is 0 Å². The van der Waals surface area contributed by atoms with Crippen LogP contribution in [0.1, 0.15) is 17.2 Å². The largest absolute Gasteiger partial charge is 0.491 e. The molecule has 0 amide bonds. The minimum absolute atomic E-state index is 0.0747. The quantitative estimate of drug-likeness (QED) is 0.662. The summed E-state index contributed by atoms with van der Waals surface area (Å²) < 4.78 is 5.60. The van der Waals surface area contributed by atoms with Crippen molar-refractivity contribution in [3.05, 3.63) is 65.7 Å². The Balaban J connectivity index is 1.64. The van der Waals surface area contributed by atoms with Crippen LogP contribution in [0.5, 0.6) is 5.75 Å². The number of benzene rings is 2. The Labute approximate surface area is 118 Å². The van der Waals surface area contributed by atoms with Gasteiger partial charge in [-0.3, -0.25) is 0 Å². The molecule has 1 atom stereocenters. The van der Waals surface area contributed by atoms with Crippen LogP contribution in [0.3, 0.4) is 0 Å². The second-order valence-electron chi connectivity index (χ2n) is 4.73. The molecular weight excluding hydrogens is 250 g/mol. The van der Waals surface area contributed by atoms with Gasteiger partial charge in [0.2, 0.25) is 0 Å². The molecular formula is C16H17N3O. The maximum Gasteiger partial charge on any atom is 0.189 e. The Bertz CT molecular complexity index is 610. The van der Waals surface area contributed by atoms with Gasteiger partial charge in [0.15, 0.2) is 5.96 Å². The molecule has 1 heterocycles. The van der Waals surface area contributed by atoms with Crippen LogP contribution < -0.4 is 15.8 Å². The normalized spacial score (nSPS) is 17.4. The minimum Gasteiger partial charge on any atom is -0.491 e. The van der Waals surface area contributed by atoms with Gasteiger partial charge >= 0.3 is 0 Å². The van der Waals surface area contributed by atoms with E-state index in [2.05, 4.69) is 10.3 Å². The topological polar surface area (TPSA) is 59.6 Å². The molecule has 0 saturated heterocycles. The zero-order valence-corrected chi connectivity index (χ0v) is 11.1. The number of guanidine groups is 1. The van der Waals surface area contributed by atoms with E-state index in [1.165, 1.54) is 0 Å². The van der Waals surface area contributed by atoms with Crippen LogP contribution in [0.15, 0.2) is 59.6 Å². The molecule has 102 valence electrons. The second kappa shape index (κ2) is 5.65. The number of nitrogens with two attached hydrogens (primary N) is 1. The molecule has 3 N–H and O–H groups in total. The summed E-state index contributed by atoms with van der Waals surface area (Å²) in [6.07, 6.45) is 0. The lowest BCUT2D eigenvalue weighted by Gasteiger charge is -2.12. The lowest BCUT2D eigenvalue weighted by molar-refractivity contribution is 0.324. The van der Waals surface area contributed by atoms with Crippen molar-refractivity contribution < 1.29 is 4.74 Å². The van der Waals surface area contributed by atoms with Crippen LogP contribution >= 0.6 is 0 Å². The summed E-state index contributed by atoms with van der Waals surface area (Å²) in [5.41, 5.74) is 8.21. The molecule has 4 heteroatoms. The SMILES string of the molecule is NC(=NCc1ccccc1)NC1COc2ccccc21. The smallest absolute Gasteiger partial charge is 0.189 e. The van der Waals surface area contributed by atoms with E-state index >= 15 is 0 Å². The van der Waals surface area contributed by atoms with E-state index in [0.717, 1.165) is 16.9 Å². The number of aliphatic imine (C=N–C) groups is 1. The molecule has 0 radical (unpaired) electrons. The van der Waals surface area contributed by atoms with Gasteiger partial charge < -0.3 is 15.8 Å². The van der Waals surface area contributed by atoms with Gasteiger partial charge in [-0.15, -0.1) is 0 Å². The summed E-state index contributed by atoms with van der Waals surface area (Å²) in [6.45, 7) is 1.16. The number of para-hydroxylation sites is 1. The molecule has 0 aromatic heterocycles. The van der Waals surface area contributed by atoms with E-state index < -0.39 is 0 Å². The fourth-order valence-corrected chi connectivity index (χ4v) is 2.27. The van der Waals surface area contributed by atoms with E-state index in [4.69, 9.17) is 10.5 Å². The van der Waals surface area contributed by atoms with Crippen LogP contribution in [0.25, 0.3) is 0 Å². The monoisotopic (exact) mass is 267 g/mol. The van der Waals surface area contributed by atoms with Crippen molar-refractivity contribution in [2.24, 2.45) is 10.7 Å². The molecule has 0 aliphatic carbocycles. The van der Waals surface area contributed by atoms with Gasteiger partial charge in [0.05, 0.1) is 12.6 Å². The van der Waals surface area contributed by atoms with Gasteiger partial charge in [-0.25, -0.2) is 4.99 Å². The molecule has 2 aromatic rings. The molecule has 1 aliphatic heterocycles. The fourth-order valence-electron chi connectivity index (χ4n) is 2.27. The lowest BCUT2D eigenvalue weighted by Crippen LogP contribution is -2.35. The third-order valence-corrected chi connectivity index (χ3v) is 3.30. The highest BCUT2D eigenvalue weighted by Crippen LogP contribution is 2.31. The predicted octanol–water partition coefficient (Wildman–Crippen LogP) is 2.22. The fraction of sp³-hybridized carbons (Fsp3) is 0.188. The average molecular weight is 267 g/mol. The van der Waals surface area contributed by atoms with Crippen molar-refractivity contribution in [2.45, 2.75) is 12.6 Å². The van der Waals surface area contributed by atoms with Crippen LogP contribution in [0, 0.1) is 0 Å². The second-order valence-corrected chi connectivity index (χ2v) is 4.73. The van der Waals surface area contributed by atoms with E-state index in [1.807, 2.05) is 54.6 Å². The van der Waals surface area contributed by atoms with Crippen molar-refractivity contribution in [3.63, 3.8) is 0 Å². The summed E-state index contributed by atoms with van der Waals surface area (Å²) >= 11 is 0. The van der Waals surface area contributed by atoms with Crippen molar-refractivity contribution in [3.8, 4) is 5.75 Å². The Morgan fingerprint density at radius 1 is 1.15 bits per heavy atom. The Kier molecular flexibility index (Phi) is 3.54. The molecule has 2 aromatic carbocycles. The van der Waals surface area contributed by atoms with Gasteiger partial charge in [-0.2, -0.15) is 0 Å². The first-order valence-corrected chi connectivity index (χ1v) is 6.65. The van der Waals surface area contributed by atoms with Gasteiger partial charge in [-0.05, 0) is 11.6 Å². The summed E-state index contributed by atoms with van der Waals surface area (Å²) in [4.78, 5) is 4.36. The van der Waals surface area contributed by atoms with Gasteiger partial charge in [0.25, 0.3) is 0 Å². The molecule has 20 heavy (non-hydrogen) atoms. The summed E-state index contributed by atoms with van der Waals surface area (Å²) in [5, 5.41) is 3.21. The zero-order chi connectivity index (χ0) is 13.8. The summed E-state index contributed by atoms with van der Waals surface area (Å²) in [7, 11) is 0. The lowest BCUT2D eigenvalue weighted by atomic mass is 10.1. The van der Waals surface area contributed by atoms with Crippen LogP contribution in [0.2, 0.25) is 0 Å². The minimum atomic E-state index is 0.0747. The summed E-state index contributed by atoms with van der Waals surface area (Å²) in [5.74, 6) is 1.36. The maximum absolute atomic E-state index is 5.94. The predicted molar refractivity (Wildman–Crippen MR) is 79.6 cm³/mol. The van der Waals surface area contributed by atoms with Crippen LogP contribution in [-0.2, 0) is 6.54 Å². The molecule has 0 bridgehead atoms. The number of hydrogen-bond donors (Lipinski definition) is 2. The van der Waals surface area contributed by atoms with Crippen LogP contribution in [-0.4, -0.2) is 12.6 Å². The van der Waals surface area contributed by atoms with Gasteiger partial charge in [-0.1, -0.05) is 48.5 Å². The highest BCUT2D eigenvalue weighted by atomic mass is 16.5. The molecule has 0 saturated carbocycles. The van der Waals surface area contributed by atoms with E-state index in [0.29, 0.717) is 19.1 Å². The number of hydrogen-bond acceptors (Lipinski definition) is 2. The number of nitrogens with one attached hydrogen (secondary N) is 1. The molecule has 1 unspecified atom stereocenters. The first-order chi connectivity index (χ1) is 9.83.